The normalized spacial score (nSPS) is 15.6. The van der Waals surface area contributed by atoms with E-state index in [1.807, 2.05) is 6.92 Å². The van der Waals surface area contributed by atoms with Crippen molar-refractivity contribution in [3.05, 3.63) is 62.8 Å². The number of amides is 2. The first-order valence-corrected chi connectivity index (χ1v) is 12.0. The summed E-state index contributed by atoms with van der Waals surface area (Å²) in [5, 5.41) is 10.6. The number of carbonyl (C=O) groups is 2. The van der Waals surface area contributed by atoms with Gasteiger partial charge in [-0.2, -0.15) is 4.98 Å². The van der Waals surface area contributed by atoms with E-state index in [0.29, 0.717) is 21.6 Å². The van der Waals surface area contributed by atoms with Crippen LogP contribution in [0.15, 0.2) is 28.8 Å². The number of nitrogens with zero attached hydrogens (tertiary/aromatic N) is 2. The fourth-order valence-corrected chi connectivity index (χ4v) is 5.34. The van der Waals surface area contributed by atoms with Crippen LogP contribution in [0.1, 0.15) is 75.8 Å². The summed E-state index contributed by atoms with van der Waals surface area (Å²) >= 11 is 7.16. The molecule has 174 valence electrons. The molecular weight excluding hydrogens is 467 g/mol. The number of aryl methyl sites for hydroxylation is 2. The van der Waals surface area contributed by atoms with E-state index in [2.05, 4.69) is 20.8 Å². The molecule has 1 saturated carbocycles. The first kappa shape index (κ1) is 23.4. The number of nitrogens with one attached hydrogen (secondary N) is 2. The fourth-order valence-electron chi connectivity index (χ4n) is 4.13. The smallest absolute Gasteiger partial charge is 0.262 e. The van der Waals surface area contributed by atoms with Crippen molar-refractivity contribution in [1.29, 1.82) is 0 Å². The summed E-state index contributed by atoms with van der Waals surface area (Å²) < 4.78 is 18.5. The minimum absolute atomic E-state index is 0.0180. The van der Waals surface area contributed by atoms with E-state index in [0.717, 1.165) is 50.2 Å². The summed E-state index contributed by atoms with van der Waals surface area (Å²) in [6.07, 6.45) is 5.56. The van der Waals surface area contributed by atoms with Gasteiger partial charge in [0, 0.05) is 6.92 Å². The Morgan fingerprint density at radius 2 is 1.85 bits per heavy atom. The van der Waals surface area contributed by atoms with Gasteiger partial charge in [-0.15, -0.1) is 11.3 Å². The molecule has 2 N–H and O–H groups in total. The molecule has 3 aromatic rings. The summed E-state index contributed by atoms with van der Waals surface area (Å²) in [5.41, 5.74) is 0.193. The molecule has 0 aliphatic heterocycles. The lowest BCUT2D eigenvalue weighted by Crippen LogP contribution is -2.46. The van der Waals surface area contributed by atoms with Gasteiger partial charge in [-0.05, 0) is 49.6 Å². The molecule has 1 aromatic carbocycles. The molecular formula is C23H24ClFN4O3S. The number of thiophene rings is 1. The third-order valence-electron chi connectivity index (χ3n) is 5.80. The van der Waals surface area contributed by atoms with E-state index in [-0.39, 0.29) is 16.5 Å². The van der Waals surface area contributed by atoms with Crippen LogP contribution in [0.5, 0.6) is 0 Å². The van der Waals surface area contributed by atoms with Crippen molar-refractivity contribution in [2.75, 3.05) is 5.32 Å². The number of hydrogen-bond acceptors (Lipinski definition) is 6. The molecule has 0 bridgehead atoms. The van der Waals surface area contributed by atoms with Gasteiger partial charge in [-0.25, -0.2) is 4.39 Å². The van der Waals surface area contributed by atoms with Gasteiger partial charge in [-0.1, -0.05) is 42.4 Å². The van der Waals surface area contributed by atoms with Crippen LogP contribution in [-0.2, 0) is 5.54 Å². The Balaban J connectivity index is 1.55. The zero-order valence-corrected chi connectivity index (χ0v) is 19.9. The Morgan fingerprint density at radius 3 is 2.48 bits per heavy atom. The summed E-state index contributed by atoms with van der Waals surface area (Å²) in [6, 6.07) is 5.31. The van der Waals surface area contributed by atoms with E-state index in [9.17, 15) is 14.0 Å². The largest absolute Gasteiger partial charge is 0.340 e. The molecule has 0 unspecified atom stereocenters. The molecule has 0 spiro atoms. The average Bonchev–Trinajstić information content (AvgIpc) is 3.27. The molecule has 7 nitrogen and oxygen atoms in total. The first-order chi connectivity index (χ1) is 15.8. The zero-order valence-electron chi connectivity index (χ0n) is 18.3. The van der Waals surface area contributed by atoms with Crippen molar-refractivity contribution in [2.45, 2.75) is 57.9 Å². The molecule has 10 heteroatoms. The second-order valence-electron chi connectivity index (χ2n) is 8.29. The molecule has 1 aliphatic rings. The Kier molecular flexibility index (Phi) is 6.81. The monoisotopic (exact) mass is 490 g/mol. The highest BCUT2D eigenvalue weighted by Crippen LogP contribution is 2.36. The summed E-state index contributed by atoms with van der Waals surface area (Å²) in [7, 11) is 0. The van der Waals surface area contributed by atoms with Crippen LogP contribution < -0.4 is 10.6 Å². The van der Waals surface area contributed by atoms with Crippen LogP contribution in [0.4, 0.5) is 9.39 Å². The third-order valence-corrected chi connectivity index (χ3v) is 7.27. The maximum absolute atomic E-state index is 13.3. The predicted octanol–water partition coefficient (Wildman–Crippen LogP) is 5.77. The van der Waals surface area contributed by atoms with Gasteiger partial charge in [0.25, 0.3) is 11.8 Å². The van der Waals surface area contributed by atoms with Gasteiger partial charge in [0.1, 0.15) is 11.4 Å². The maximum atomic E-state index is 13.3. The van der Waals surface area contributed by atoms with Gasteiger partial charge in [0.2, 0.25) is 5.89 Å². The third kappa shape index (κ3) is 5.09. The number of aromatic nitrogens is 2. The van der Waals surface area contributed by atoms with Crippen LogP contribution in [0.3, 0.4) is 0 Å². The zero-order chi connectivity index (χ0) is 23.6. The van der Waals surface area contributed by atoms with Gasteiger partial charge in [0.15, 0.2) is 5.82 Å². The Labute approximate surface area is 199 Å². The molecule has 2 aromatic heterocycles. The first-order valence-electron chi connectivity index (χ1n) is 10.8. The summed E-state index contributed by atoms with van der Waals surface area (Å²) in [5.74, 6) is -0.284. The lowest BCUT2D eigenvalue weighted by atomic mass is 9.89. The highest BCUT2D eigenvalue weighted by Gasteiger charge is 2.39. The quantitative estimate of drug-likeness (QED) is 0.442. The lowest BCUT2D eigenvalue weighted by Gasteiger charge is -2.30. The molecule has 1 fully saturated rings. The van der Waals surface area contributed by atoms with Crippen LogP contribution in [0, 0.1) is 19.7 Å². The molecule has 2 heterocycles. The van der Waals surface area contributed by atoms with Crippen molar-refractivity contribution in [3.8, 4) is 0 Å². The topological polar surface area (TPSA) is 97.1 Å². The maximum Gasteiger partial charge on any atom is 0.262 e. The highest BCUT2D eigenvalue weighted by atomic mass is 35.5. The molecule has 4 rings (SSSR count). The van der Waals surface area contributed by atoms with Crippen molar-refractivity contribution in [2.24, 2.45) is 0 Å². The summed E-state index contributed by atoms with van der Waals surface area (Å²) in [6.45, 7) is 3.54. The number of hydrogen-bond donors (Lipinski definition) is 2. The fraction of sp³-hybridized carbons (Fsp3) is 0.391. The van der Waals surface area contributed by atoms with Crippen LogP contribution in [0.2, 0.25) is 5.02 Å². The van der Waals surface area contributed by atoms with E-state index < -0.39 is 17.3 Å². The molecule has 2 amide bonds. The van der Waals surface area contributed by atoms with Gasteiger partial charge in [-0.3, -0.25) is 9.59 Å². The van der Waals surface area contributed by atoms with E-state index in [4.69, 9.17) is 16.1 Å². The van der Waals surface area contributed by atoms with E-state index in [1.165, 1.54) is 23.5 Å². The number of rotatable bonds is 5. The van der Waals surface area contributed by atoms with Crippen molar-refractivity contribution < 1.29 is 18.5 Å². The number of halogens is 2. The Bertz CT molecular complexity index is 1180. The molecule has 0 radical (unpaired) electrons. The van der Waals surface area contributed by atoms with Gasteiger partial charge in [0.05, 0.1) is 20.5 Å². The molecule has 33 heavy (non-hydrogen) atoms. The minimum atomic E-state index is -0.688. The van der Waals surface area contributed by atoms with E-state index >= 15 is 0 Å². The Morgan fingerprint density at radius 1 is 1.12 bits per heavy atom. The predicted molar refractivity (Wildman–Crippen MR) is 124 cm³/mol. The van der Waals surface area contributed by atoms with Crippen molar-refractivity contribution in [3.63, 3.8) is 0 Å². The molecule has 1 aliphatic carbocycles. The second kappa shape index (κ2) is 9.61. The lowest BCUT2D eigenvalue weighted by molar-refractivity contribution is 0.0880. The standard InChI is InChI=1S/C23H24ClFN4O3S/c1-13-11-18(27-20(30)16-8-7-15(25)12-17(16)24)33-19(13)21(31)28-23(9-5-3-4-6-10-23)22-26-14(2)32-29-22/h7-8,11-12H,3-6,9-10H2,1-2H3,(H,27,30)(H,28,31). The second-order valence-corrected chi connectivity index (χ2v) is 9.75. The van der Waals surface area contributed by atoms with Crippen LogP contribution in [-0.4, -0.2) is 22.0 Å². The Hall–Kier alpha value is -2.78. The van der Waals surface area contributed by atoms with Crippen molar-refractivity contribution in [1.82, 2.24) is 15.5 Å². The SMILES string of the molecule is Cc1nc(C2(NC(=O)c3sc(NC(=O)c4ccc(F)cc4Cl)cc3C)CCCCCC2)no1. The van der Waals surface area contributed by atoms with Crippen molar-refractivity contribution >= 4 is 39.8 Å². The average molecular weight is 491 g/mol. The summed E-state index contributed by atoms with van der Waals surface area (Å²) in [4.78, 5) is 30.8. The van der Waals surface area contributed by atoms with Crippen LogP contribution in [0.25, 0.3) is 0 Å². The van der Waals surface area contributed by atoms with Crippen LogP contribution >= 0.6 is 22.9 Å². The highest BCUT2D eigenvalue weighted by molar-refractivity contribution is 7.18. The molecule has 0 atom stereocenters. The van der Waals surface area contributed by atoms with E-state index in [1.54, 1.807) is 13.0 Å². The van der Waals surface area contributed by atoms with Gasteiger partial charge < -0.3 is 15.2 Å². The number of anilines is 1. The van der Waals surface area contributed by atoms with Gasteiger partial charge >= 0.3 is 0 Å². The number of benzene rings is 1. The number of carbonyl (C=O) groups excluding carboxylic acids is 2. The molecule has 0 saturated heterocycles. The minimum Gasteiger partial charge on any atom is -0.340 e.